The Morgan fingerprint density at radius 2 is 1.80 bits per heavy atom. The van der Waals surface area contributed by atoms with E-state index in [9.17, 15) is 40.3 Å². The van der Waals surface area contributed by atoms with Gasteiger partial charge in [-0.25, -0.2) is 22.4 Å². The number of carbonyl (C=O) groups excluding carboxylic acids is 2. The molecule has 2 heterocycles. The molecule has 15 heteroatoms. The standard InChI is InChI=1S/C30H29F7N4O4/c31-18-6-4-17(5-7-18)23(21-2-1-3-24(32)28(21)34)10-27(42)41-26-13-38-12-25(33)22(26)9-8-20-11-39-19(14-44-20)15-45-29(43)40-16-30(35,36)37/h1-7,12-13,19-20,23,39H,8-11,14-16H2,(H,40,43)(H,41,42)/t19-,20+,23-/m0/s1. The van der Waals surface area contributed by atoms with E-state index in [-0.39, 0.29) is 49.4 Å². The predicted molar refractivity (Wildman–Crippen MR) is 147 cm³/mol. The summed E-state index contributed by atoms with van der Waals surface area (Å²) in [5, 5.41) is 7.24. The van der Waals surface area contributed by atoms with Crippen molar-refractivity contribution in [2.45, 2.75) is 43.5 Å². The molecule has 2 amide bonds. The molecule has 0 aliphatic carbocycles. The van der Waals surface area contributed by atoms with Gasteiger partial charge in [0.2, 0.25) is 5.91 Å². The van der Waals surface area contributed by atoms with Crippen LogP contribution in [-0.2, 0) is 20.7 Å². The predicted octanol–water partition coefficient (Wildman–Crippen LogP) is 5.38. The number of halogens is 7. The van der Waals surface area contributed by atoms with E-state index in [1.807, 2.05) is 0 Å². The van der Waals surface area contributed by atoms with Crippen molar-refractivity contribution < 1.29 is 49.8 Å². The monoisotopic (exact) mass is 642 g/mol. The zero-order valence-electron chi connectivity index (χ0n) is 23.6. The zero-order chi connectivity index (χ0) is 32.6. The van der Waals surface area contributed by atoms with Gasteiger partial charge in [-0.3, -0.25) is 9.78 Å². The molecule has 3 aromatic rings. The summed E-state index contributed by atoms with van der Waals surface area (Å²) in [6.07, 6.45) is -3.94. The minimum atomic E-state index is -4.57. The van der Waals surface area contributed by atoms with Crippen LogP contribution in [0.5, 0.6) is 0 Å². The first-order valence-corrected chi connectivity index (χ1v) is 13.8. The summed E-state index contributed by atoms with van der Waals surface area (Å²) < 4.78 is 104. The number of carbonyl (C=O) groups is 2. The van der Waals surface area contributed by atoms with Gasteiger partial charge in [0.1, 0.15) is 24.8 Å². The van der Waals surface area contributed by atoms with Gasteiger partial charge in [0.25, 0.3) is 0 Å². The van der Waals surface area contributed by atoms with E-state index in [0.717, 1.165) is 24.4 Å². The number of alkyl halides is 3. The number of nitrogens with one attached hydrogen (secondary N) is 3. The highest BCUT2D eigenvalue weighted by Gasteiger charge is 2.29. The summed E-state index contributed by atoms with van der Waals surface area (Å²) in [5.41, 5.74) is 0.449. The van der Waals surface area contributed by atoms with Gasteiger partial charge in [-0.05, 0) is 42.2 Å². The molecule has 242 valence electrons. The summed E-state index contributed by atoms with van der Waals surface area (Å²) in [6, 6.07) is 8.09. The first kappa shape index (κ1) is 33.6. The molecule has 45 heavy (non-hydrogen) atoms. The van der Waals surface area contributed by atoms with E-state index in [2.05, 4.69) is 15.6 Å². The third-order valence-corrected chi connectivity index (χ3v) is 7.03. The van der Waals surface area contributed by atoms with Crippen LogP contribution in [0.3, 0.4) is 0 Å². The fourth-order valence-corrected chi connectivity index (χ4v) is 4.77. The number of benzene rings is 2. The van der Waals surface area contributed by atoms with Crippen LogP contribution in [-0.4, -0.2) is 61.6 Å². The summed E-state index contributed by atoms with van der Waals surface area (Å²) in [7, 11) is 0. The third kappa shape index (κ3) is 9.88. The summed E-state index contributed by atoms with van der Waals surface area (Å²) in [5.74, 6) is -5.14. The Balaban J connectivity index is 1.34. The maximum atomic E-state index is 14.8. The van der Waals surface area contributed by atoms with Crippen LogP contribution in [0, 0.1) is 23.3 Å². The quantitative estimate of drug-likeness (QED) is 0.243. The van der Waals surface area contributed by atoms with Gasteiger partial charge in [0.15, 0.2) is 11.6 Å². The number of nitrogens with zero attached hydrogens (tertiary/aromatic N) is 1. The van der Waals surface area contributed by atoms with Crippen LogP contribution in [0.1, 0.15) is 35.4 Å². The molecule has 1 fully saturated rings. The number of hydrogen-bond acceptors (Lipinski definition) is 6. The van der Waals surface area contributed by atoms with Crippen LogP contribution < -0.4 is 16.0 Å². The Hall–Kier alpha value is -4.24. The van der Waals surface area contributed by atoms with Crippen molar-refractivity contribution in [2.24, 2.45) is 0 Å². The number of anilines is 1. The Morgan fingerprint density at radius 3 is 2.49 bits per heavy atom. The molecule has 1 aliphatic heterocycles. The number of hydrogen-bond donors (Lipinski definition) is 3. The number of rotatable bonds is 11. The Morgan fingerprint density at radius 1 is 1.04 bits per heavy atom. The number of alkyl carbamates (subject to hydrolysis) is 1. The smallest absolute Gasteiger partial charge is 0.407 e. The number of morpholine rings is 1. The van der Waals surface area contributed by atoms with Crippen molar-refractivity contribution in [3.8, 4) is 0 Å². The maximum absolute atomic E-state index is 14.8. The first-order chi connectivity index (χ1) is 21.4. The highest BCUT2D eigenvalue weighted by molar-refractivity contribution is 5.92. The van der Waals surface area contributed by atoms with Gasteiger partial charge in [-0.15, -0.1) is 0 Å². The van der Waals surface area contributed by atoms with Gasteiger partial charge in [-0.1, -0.05) is 24.3 Å². The lowest BCUT2D eigenvalue weighted by molar-refractivity contribution is -0.124. The molecule has 0 unspecified atom stereocenters. The number of aromatic nitrogens is 1. The summed E-state index contributed by atoms with van der Waals surface area (Å²) in [4.78, 5) is 28.4. The Bertz CT molecular complexity index is 1470. The minimum Gasteiger partial charge on any atom is -0.448 e. The van der Waals surface area contributed by atoms with Gasteiger partial charge >= 0.3 is 12.3 Å². The number of ether oxygens (including phenoxy) is 2. The lowest BCUT2D eigenvalue weighted by atomic mass is 9.87. The maximum Gasteiger partial charge on any atom is 0.407 e. The zero-order valence-corrected chi connectivity index (χ0v) is 23.6. The van der Waals surface area contributed by atoms with E-state index in [1.165, 1.54) is 30.5 Å². The fraction of sp³-hybridized carbons (Fsp3) is 0.367. The van der Waals surface area contributed by atoms with Gasteiger partial charge < -0.3 is 25.4 Å². The highest BCUT2D eigenvalue weighted by atomic mass is 19.4. The van der Waals surface area contributed by atoms with Crippen molar-refractivity contribution in [2.75, 3.05) is 31.6 Å². The minimum absolute atomic E-state index is 0.0671. The molecule has 0 bridgehead atoms. The average Bonchev–Trinajstić information content (AvgIpc) is 3.00. The van der Waals surface area contributed by atoms with Crippen molar-refractivity contribution in [3.63, 3.8) is 0 Å². The van der Waals surface area contributed by atoms with Gasteiger partial charge in [0, 0.05) is 24.4 Å². The molecule has 0 radical (unpaired) electrons. The van der Waals surface area contributed by atoms with Gasteiger partial charge in [-0.2, -0.15) is 13.2 Å². The lowest BCUT2D eigenvalue weighted by Crippen LogP contribution is -2.49. The second-order valence-corrected chi connectivity index (χ2v) is 10.3. The Labute approximate surface area is 253 Å². The molecular formula is C30H29F7N4O4. The van der Waals surface area contributed by atoms with Crippen LogP contribution >= 0.6 is 0 Å². The van der Waals surface area contributed by atoms with Crippen molar-refractivity contribution in [3.05, 3.63) is 94.8 Å². The molecular weight excluding hydrogens is 613 g/mol. The molecule has 2 aromatic carbocycles. The molecule has 1 aromatic heterocycles. The average molecular weight is 643 g/mol. The second-order valence-electron chi connectivity index (χ2n) is 10.3. The van der Waals surface area contributed by atoms with Crippen molar-refractivity contribution >= 4 is 17.7 Å². The molecule has 3 N–H and O–H groups in total. The molecule has 4 rings (SSSR count). The molecule has 0 saturated carbocycles. The molecule has 1 aliphatic rings. The molecule has 0 spiro atoms. The number of amides is 2. The third-order valence-electron chi connectivity index (χ3n) is 7.03. The summed E-state index contributed by atoms with van der Waals surface area (Å²) in [6.45, 7) is -1.41. The first-order valence-electron chi connectivity index (χ1n) is 13.8. The topological polar surface area (TPSA) is 102 Å². The van der Waals surface area contributed by atoms with E-state index >= 15 is 0 Å². The van der Waals surface area contributed by atoms with Crippen molar-refractivity contribution in [1.82, 2.24) is 15.6 Å². The van der Waals surface area contributed by atoms with Gasteiger partial charge in [0.05, 0.1) is 36.8 Å². The van der Waals surface area contributed by atoms with E-state index < -0.39 is 66.1 Å². The van der Waals surface area contributed by atoms with E-state index in [1.54, 1.807) is 5.32 Å². The van der Waals surface area contributed by atoms with Crippen LogP contribution in [0.2, 0.25) is 0 Å². The molecule has 1 saturated heterocycles. The van der Waals surface area contributed by atoms with Crippen LogP contribution in [0.25, 0.3) is 0 Å². The SMILES string of the molecule is O=C(C[C@@H](c1ccc(F)cc1)c1cccc(F)c1F)Nc1cncc(F)c1CC[C@@H]1CN[C@H](COC(=O)NCC(F)(F)F)CO1. The fourth-order valence-electron chi connectivity index (χ4n) is 4.77. The highest BCUT2D eigenvalue weighted by Crippen LogP contribution is 2.32. The second kappa shape index (κ2) is 15.2. The normalized spacial score (nSPS) is 17.4. The summed E-state index contributed by atoms with van der Waals surface area (Å²) >= 11 is 0. The van der Waals surface area contributed by atoms with E-state index in [0.29, 0.717) is 12.0 Å². The number of pyridine rings is 1. The Kier molecular flexibility index (Phi) is 11.3. The van der Waals surface area contributed by atoms with Crippen molar-refractivity contribution in [1.29, 1.82) is 0 Å². The van der Waals surface area contributed by atoms with Crippen LogP contribution in [0.4, 0.5) is 41.2 Å². The lowest BCUT2D eigenvalue weighted by Gasteiger charge is -2.30. The largest absolute Gasteiger partial charge is 0.448 e. The van der Waals surface area contributed by atoms with Crippen LogP contribution in [0.15, 0.2) is 54.9 Å². The van der Waals surface area contributed by atoms with E-state index in [4.69, 9.17) is 9.47 Å². The molecule has 3 atom stereocenters. The molecule has 8 nitrogen and oxygen atoms in total.